The number of aromatic nitrogens is 6. The summed E-state index contributed by atoms with van der Waals surface area (Å²) in [5, 5.41) is 0. The van der Waals surface area contributed by atoms with Crippen LogP contribution >= 0.6 is 0 Å². The van der Waals surface area contributed by atoms with E-state index in [0.717, 1.165) is 22.8 Å². The molecular weight excluding hydrogens is 324 g/mol. The second-order valence-electron chi connectivity index (χ2n) is 6.61. The van der Waals surface area contributed by atoms with Crippen molar-refractivity contribution in [2.75, 3.05) is 0 Å². The lowest BCUT2D eigenvalue weighted by Gasteiger charge is -2.09. The van der Waals surface area contributed by atoms with Gasteiger partial charge in [-0.1, -0.05) is 37.6 Å². The topological polar surface area (TPSA) is 61.4 Å². The summed E-state index contributed by atoms with van der Waals surface area (Å²) < 4.78 is 3.75. The van der Waals surface area contributed by atoms with E-state index in [0.29, 0.717) is 11.9 Å². The minimum absolute atomic E-state index is 0.351. The third-order valence-electron chi connectivity index (χ3n) is 4.21. The molecule has 0 saturated carbocycles. The predicted molar refractivity (Wildman–Crippen MR) is 101 cm³/mol. The van der Waals surface area contributed by atoms with Gasteiger partial charge in [0.05, 0.1) is 11.4 Å². The summed E-state index contributed by atoms with van der Waals surface area (Å²) in [4.78, 5) is 18.1. The van der Waals surface area contributed by atoms with E-state index in [2.05, 4.69) is 48.9 Å². The molecule has 0 aliphatic rings. The van der Waals surface area contributed by atoms with Crippen molar-refractivity contribution < 1.29 is 0 Å². The number of rotatable bonds is 4. The normalized spacial score (nSPS) is 11.2. The summed E-state index contributed by atoms with van der Waals surface area (Å²) in [6.07, 6.45) is 9.10. The highest BCUT2D eigenvalue weighted by Gasteiger charge is 2.12. The van der Waals surface area contributed by atoms with Gasteiger partial charge in [0.2, 0.25) is 5.95 Å². The fourth-order valence-corrected chi connectivity index (χ4v) is 2.76. The van der Waals surface area contributed by atoms with E-state index in [1.165, 1.54) is 5.56 Å². The Balaban J connectivity index is 1.87. The van der Waals surface area contributed by atoms with Gasteiger partial charge in [0.25, 0.3) is 0 Å². The standard InChI is InChI=1S/C20H20N6/c1-14(2)18-11-26(13-22-18)20-23-17(16-6-4-5-15(3)9-16)10-19(24-20)25-8-7-21-12-25/h4-14H,1-3H3. The van der Waals surface area contributed by atoms with Crippen LogP contribution in [0.1, 0.15) is 31.0 Å². The molecule has 6 heteroatoms. The number of benzene rings is 1. The third-order valence-corrected chi connectivity index (χ3v) is 4.21. The zero-order valence-electron chi connectivity index (χ0n) is 15.0. The molecule has 0 aliphatic carbocycles. The zero-order valence-corrected chi connectivity index (χ0v) is 15.0. The van der Waals surface area contributed by atoms with Crippen molar-refractivity contribution in [2.24, 2.45) is 0 Å². The Bertz CT molecular complexity index is 1030. The minimum atomic E-state index is 0.351. The largest absolute Gasteiger partial charge is 0.290 e. The Morgan fingerprint density at radius 1 is 1.00 bits per heavy atom. The van der Waals surface area contributed by atoms with Crippen LogP contribution in [0.4, 0.5) is 0 Å². The molecule has 0 spiro atoms. The summed E-state index contributed by atoms with van der Waals surface area (Å²) in [6, 6.07) is 10.3. The molecule has 3 aromatic heterocycles. The number of nitrogens with zero attached hydrogens (tertiary/aromatic N) is 6. The van der Waals surface area contributed by atoms with Crippen LogP contribution in [0.5, 0.6) is 0 Å². The third kappa shape index (κ3) is 3.13. The smallest absolute Gasteiger partial charge is 0.237 e. The maximum absolute atomic E-state index is 4.78. The highest BCUT2D eigenvalue weighted by molar-refractivity contribution is 5.62. The van der Waals surface area contributed by atoms with Gasteiger partial charge < -0.3 is 0 Å². The van der Waals surface area contributed by atoms with E-state index >= 15 is 0 Å². The molecule has 4 rings (SSSR count). The first kappa shape index (κ1) is 16.2. The van der Waals surface area contributed by atoms with Crippen LogP contribution in [0.2, 0.25) is 0 Å². The van der Waals surface area contributed by atoms with Crippen LogP contribution in [0.3, 0.4) is 0 Å². The summed E-state index contributed by atoms with van der Waals surface area (Å²) in [5.74, 6) is 1.71. The molecule has 0 amide bonds. The number of aryl methyl sites for hydroxylation is 1. The number of hydrogen-bond donors (Lipinski definition) is 0. The van der Waals surface area contributed by atoms with Crippen molar-refractivity contribution >= 4 is 0 Å². The average Bonchev–Trinajstić information content (AvgIpc) is 3.33. The van der Waals surface area contributed by atoms with Crippen LogP contribution in [0.25, 0.3) is 23.0 Å². The van der Waals surface area contributed by atoms with Gasteiger partial charge in [-0.2, -0.15) is 4.98 Å². The van der Waals surface area contributed by atoms with Crippen molar-refractivity contribution in [1.82, 2.24) is 29.1 Å². The second kappa shape index (κ2) is 6.55. The van der Waals surface area contributed by atoms with Crippen LogP contribution in [-0.4, -0.2) is 29.1 Å². The van der Waals surface area contributed by atoms with Gasteiger partial charge in [-0.15, -0.1) is 0 Å². The molecule has 0 radical (unpaired) electrons. The van der Waals surface area contributed by atoms with Crippen molar-refractivity contribution in [3.63, 3.8) is 0 Å². The van der Waals surface area contributed by atoms with Crippen molar-refractivity contribution in [1.29, 1.82) is 0 Å². The molecule has 0 fully saturated rings. The molecular formula is C20H20N6. The number of hydrogen-bond acceptors (Lipinski definition) is 4. The highest BCUT2D eigenvalue weighted by Crippen LogP contribution is 2.22. The quantitative estimate of drug-likeness (QED) is 0.562. The summed E-state index contributed by atoms with van der Waals surface area (Å²) in [5.41, 5.74) is 4.12. The van der Waals surface area contributed by atoms with Crippen molar-refractivity contribution in [3.8, 4) is 23.0 Å². The van der Waals surface area contributed by atoms with E-state index in [-0.39, 0.29) is 0 Å². The van der Waals surface area contributed by atoms with E-state index in [4.69, 9.17) is 9.97 Å². The second-order valence-corrected chi connectivity index (χ2v) is 6.61. The van der Waals surface area contributed by atoms with Crippen LogP contribution in [0, 0.1) is 6.92 Å². The molecule has 1 aromatic carbocycles. The molecule has 0 saturated heterocycles. The molecule has 0 aliphatic heterocycles. The molecule has 3 heterocycles. The lowest BCUT2D eigenvalue weighted by molar-refractivity contribution is 0.830. The predicted octanol–water partition coefficient (Wildman–Crippen LogP) is 3.95. The first-order valence-electron chi connectivity index (χ1n) is 8.59. The van der Waals surface area contributed by atoms with Gasteiger partial charge in [-0.05, 0) is 18.9 Å². The molecule has 0 bridgehead atoms. The van der Waals surface area contributed by atoms with E-state index in [1.807, 2.05) is 33.7 Å². The lowest BCUT2D eigenvalue weighted by Crippen LogP contribution is -2.05. The summed E-state index contributed by atoms with van der Waals surface area (Å²) >= 11 is 0. The molecule has 0 unspecified atom stereocenters. The Morgan fingerprint density at radius 3 is 2.58 bits per heavy atom. The molecule has 130 valence electrons. The van der Waals surface area contributed by atoms with Crippen molar-refractivity contribution in [2.45, 2.75) is 26.7 Å². The van der Waals surface area contributed by atoms with Gasteiger partial charge >= 0.3 is 0 Å². The first-order chi connectivity index (χ1) is 12.6. The lowest BCUT2D eigenvalue weighted by atomic mass is 10.1. The van der Waals surface area contributed by atoms with Gasteiger partial charge in [-0.25, -0.2) is 15.0 Å². The minimum Gasteiger partial charge on any atom is -0.290 e. The first-order valence-corrected chi connectivity index (χ1v) is 8.59. The molecule has 0 atom stereocenters. The van der Waals surface area contributed by atoms with Crippen LogP contribution < -0.4 is 0 Å². The molecule has 4 aromatic rings. The molecule has 26 heavy (non-hydrogen) atoms. The van der Waals surface area contributed by atoms with E-state index in [1.54, 1.807) is 18.9 Å². The van der Waals surface area contributed by atoms with E-state index < -0.39 is 0 Å². The monoisotopic (exact) mass is 344 g/mol. The van der Waals surface area contributed by atoms with Gasteiger partial charge in [0.15, 0.2) is 0 Å². The van der Waals surface area contributed by atoms with Crippen molar-refractivity contribution in [3.05, 3.63) is 72.8 Å². The maximum atomic E-state index is 4.78. The van der Waals surface area contributed by atoms with E-state index in [9.17, 15) is 0 Å². The van der Waals surface area contributed by atoms with Gasteiger partial charge in [0, 0.05) is 30.2 Å². The Hall–Kier alpha value is -3.28. The molecule has 0 N–H and O–H groups in total. The fraction of sp³-hybridized carbons (Fsp3) is 0.200. The SMILES string of the molecule is Cc1cccc(-c2cc(-n3ccnc3)nc(-n3cnc(C(C)C)c3)n2)c1. The Labute approximate surface area is 152 Å². The fourth-order valence-electron chi connectivity index (χ4n) is 2.76. The maximum Gasteiger partial charge on any atom is 0.237 e. The number of imidazole rings is 2. The van der Waals surface area contributed by atoms with Crippen LogP contribution in [0.15, 0.2) is 61.6 Å². The highest BCUT2D eigenvalue weighted by atomic mass is 15.2. The Kier molecular flexibility index (Phi) is 4.08. The van der Waals surface area contributed by atoms with Gasteiger partial charge in [0.1, 0.15) is 18.5 Å². The summed E-state index contributed by atoms with van der Waals surface area (Å²) in [6.45, 7) is 6.31. The van der Waals surface area contributed by atoms with Gasteiger partial charge in [-0.3, -0.25) is 9.13 Å². The van der Waals surface area contributed by atoms with Crippen LogP contribution in [-0.2, 0) is 0 Å². The zero-order chi connectivity index (χ0) is 18.1. The Morgan fingerprint density at radius 2 is 1.88 bits per heavy atom. The summed E-state index contributed by atoms with van der Waals surface area (Å²) in [7, 11) is 0. The average molecular weight is 344 g/mol. The molecule has 6 nitrogen and oxygen atoms in total.